The molecule has 0 aliphatic rings. The van der Waals surface area contributed by atoms with Crippen LogP contribution in [0.3, 0.4) is 0 Å². The van der Waals surface area contributed by atoms with Crippen molar-refractivity contribution in [1.82, 2.24) is 5.32 Å². The van der Waals surface area contributed by atoms with Crippen molar-refractivity contribution < 1.29 is 0 Å². The molecule has 0 radical (unpaired) electrons. The van der Waals surface area contributed by atoms with Crippen LogP contribution in [0.15, 0.2) is 42.5 Å². The zero-order chi connectivity index (χ0) is 13.8. The molecule has 1 N–H and O–H groups in total. The molecule has 2 rings (SSSR count). The van der Waals surface area contributed by atoms with Gasteiger partial charge in [0.15, 0.2) is 0 Å². The normalized spacial score (nSPS) is 12.4. The number of aryl methyl sites for hydroxylation is 2. The SMILES string of the molecule is CCNC(c1cccc(C)c1)c1cc(Cl)ccc1C. The van der Waals surface area contributed by atoms with E-state index in [2.05, 4.69) is 62.5 Å². The molecule has 0 amide bonds. The number of hydrogen-bond donors (Lipinski definition) is 1. The summed E-state index contributed by atoms with van der Waals surface area (Å²) in [5.41, 5.74) is 5.07. The molecule has 100 valence electrons. The summed E-state index contributed by atoms with van der Waals surface area (Å²) in [6.45, 7) is 7.30. The fourth-order valence-electron chi connectivity index (χ4n) is 2.38. The lowest BCUT2D eigenvalue weighted by Gasteiger charge is -2.21. The minimum atomic E-state index is 0.198. The molecule has 0 aliphatic carbocycles. The van der Waals surface area contributed by atoms with Gasteiger partial charge in [-0.25, -0.2) is 0 Å². The van der Waals surface area contributed by atoms with E-state index in [9.17, 15) is 0 Å². The summed E-state index contributed by atoms with van der Waals surface area (Å²) in [7, 11) is 0. The van der Waals surface area contributed by atoms with Gasteiger partial charge < -0.3 is 5.32 Å². The number of rotatable bonds is 4. The fourth-order valence-corrected chi connectivity index (χ4v) is 2.56. The molecule has 2 aromatic rings. The lowest BCUT2D eigenvalue weighted by Crippen LogP contribution is -2.22. The quantitative estimate of drug-likeness (QED) is 0.855. The monoisotopic (exact) mass is 273 g/mol. The fraction of sp³-hybridized carbons (Fsp3) is 0.294. The molecule has 0 aromatic heterocycles. The Hall–Kier alpha value is -1.31. The van der Waals surface area contributed by atoms with Crippen LogP contribution in [0, 0.1) is 13.8 Å². The lowest BCUT2D eigenvalue weighted by atomic mass is 9.94. The third-order valence-corrected chi connectivity index (χ3v) is 3.57. The highest BCUT2D eigenvalue weighted by Gasteiger charge is 2.15. The third-order valence-electron chi connectivity index (χ3n) is 3.34. The zero-order valence-corrected chi connectivity index (χ0v) is 12.5. The minimum absolute atomic E-state index is 0.198. The molecule has 2 heteroatoms. The third kappa shape index (κ3) is 3.37. The van der Waals surface area contributed by atoms with Gasteiger partial charge in [-0.3, -0.25) is 0 Å². The van der Waals surface area contributed by atoms with Gasteiger partial charge >= 0.3 is 0 Å². The highest BCUT2D eigenvalue weighted by atomic mass is 35.5. The van der Waals surface area contributed by atoms with Crippen molar-refractivity contribution in [3.05, 3.63) is 69.7 Å². The Morgan fingerprint density at radius 2 is 1.89 bits per heavy atom. The molecule has 19 heavy (non-hydrogen) atoms. The van der Waals surface area contributed by atoms with E-state index in [1.54, 1.807) is 0 Å². The van der Waals surface area contributed by atoms with E-state index >= 15 is 0 Å². The summed E-state index contributed by atoms with van der Waals surface area (Å²) in [6.07, 6.45) is 0. The predicted molar refractivity (Wildman–Crippen MR) is 82.9 cm³/mol. The maximum absolute atomic E-state index is 6.15. The summed E-state index contributed by atoms with van der Waals surface area (Å²) in [5, 5.41) is 4.34. The Kier molecular flexibility index (Phi) is 4.62. The first-order valence-electron chi connectivity index (χ1n) is 6.68. The van der Waals surface area contributed by atoms with Crippen molar-refractivity contribution in [2.24, 2.45) is 0 Å². The van der Waals surface area contributed by atoms with Crippen LogP contribution in [-0.2, 0) is 0 Å². The molecular weight excluding hydrogens is 254 g/mol. The summed E-state index contributed by atoms with van der Waals surface area (Å²) >= 11 is 6.15. The molecule has 0 fully saturated rings. The molecule has 0 saturated carbocycles. The van der Waals surface area contributed by atoms with Crippen LogP contribution in [0.4, 0.5) is 0 Å². The molecule has 0 heterocycles. The second kappa shape index (κ2) is 6.23. The number of nitrogens with one attached hydrogen (secondary N) is 1. The first-order chi connectivity index (χ1) is 9.11. The highest BCUT2D eigenvalue weighted by molar-refractivity contribution is 6.30. The summed E-state index contributed by atoms with van der Waals surface area (Å²) < 4.78 is 0. The van der Waals surface area contributed by atoms with Gasteiger partial charge in [-0.05, 0) is 49.2 Å². The van der Waals surface area contributed by atoms with Crippen LogP contribution in [0.1, 0.15) is 35.2 Å². The Labute approximate surface area is 120 Å². The minimum Gasteiger partial charge on any atom is -0.307 e. The van der Waals surface area contributed by atoms with Gasteiger partial charge in [-0.2, -0.15) is 0 Å². The first kappa shape index (κ1) is 14.1. The second-order valence-corrected chi connectivity index (χ2v) is 5.34. The van der Waals surface area contributed by atoms with Crippen LogP contribution in [0.2, 0.25) is 5.02 Å². The van der Waals surface area contributed by atoms with Gasteiger partial charge in [0.05, 0.1) is 6.04 Å². The van der Waals surface area contributed by atoms with Crippen molar-refractivity contribution in [2.75, 3.05) is 6.54 Å². The molecular formula is C17H20ClN. The van der Waals surface area contributed by atoms with Crippen molar-refractivity contribution in [1.29, 1.82) is 0 Å². The van der Waals surface area contributed by atoms with Crippen LogP contribution >= 0.6 is 11.6 Å². The van der Waals surface area contributed by atoms with Crippen LogP contribution in [0.25, 0.3) is 0 Å². The van der Waals surface area contributed by atoms with Crippen molar-refractivity contribution >= 4 is 11.6 Å². The van der Waals surface area contributed by atoms with Gasteiger partial charge in [0, 0.05) is 5.02 Å². The first-order valence-corrected chi connectivity index (χ1v) is 7.05. The predicted octanol–water partition coefficient (Wildman–Crippen LogP) is 4.66. The van der Waals surface area contributed by atoms with Crippen molar-refractivity contribution in [3.63, 3.8) is 0 Å². The topological polar surface area (TPSA) is 12.0 Å². The summed E-state index contributed by atoms with van der Waals surface area (Å²) in [4.78, 5) is 0. The summed E-state index contributed by atoms with van der Waals surface area (Å²) in [6, 6.07) is 14.9. The van der Waals surface area contributed by atoms with E-state index in [0.717, 1.165) is 11.6 Å². The molecule has 0 aliphatic heterocycles. The van der Waals surface area contributed by atoms with Crippen LogP contribution in [-0.4, -0.2) is 6.54 Å². The largest absolute Gasteiger partial charge is 0.307 e. The Morgan fingerprint density at radius 3 is 2.58 bits per heavy atom. The second-order valence-electron chi connectivity index (χ2n) is 4.91. The smallest absolute Gasteiger partial charge is 0.0579 e. The van der Waals surface area contributed by atoms with Gasteiger partial charge in [0.1, 0.15) is 0 Å². The van der Waals surface area contributed by atoms with Gasteiger partial charge in [0.2, 0.25) is 0 Å². The number of hydrogen-bond acceptors (Lipinski definition) is 1. The highest BCUT2D eigenvalue weighted by Crippen LogP contribution is 2.27. The number of halogens is 1. The Balaban J connectivity index is 2.48. The van der Waals surface area contributed by atoms with Crippen molar-refractivity contribution in [2.45, 2.75) is 26.8 Å². The average Bonchev–Trinajstić information content (AvgIpc) is 2.39. The van der Waals surface area contributed by atoms with E-state index in [4.69, 9.17) is 11.6 Å². The van der Waals surface area contributed by atoms with Gasteiger partial charge in [-0.15, -0.1) is 0 Å². The Morgan fingerprint density at radius 1 is 1.11 bits per heavy atom. The molecule has 0 bridgehead atoms. The van der Waals surface area contributed by atoms with Crippen LogP contribution in [0.5, 0.6) is 0 Å². The molecule has 1 atom stereocenters. The van der Waals surface area contributed by atoms with Gasteiger partial charge in [-0.1, -0.05) is 54.4 Å². The van der Waals surface area contributed by atoms with E-state index in [-0.39, 0.29) is 6.04 Å². The molecule has 2 aromatic carbocycles. The molecule has 0 spiro atoms. The Bertz CT molecular complexity index is 563. The summed E-state index contributed by atoms with van der Waals surface area (Å²) in [5.74, 6) is 0. The molecule has 1 unspecified atom stereocenters. The maximum Gasteiger partial charge on any atom is 0.0579 e. The van der Waals surface area contributed by atoms with Crippen molar-refractivity contribution in [3.8, 4) is 0 Å². The van der Waals surface area contributed by atoms with E-state index < -0.39 is 0 Å². The average molecular weight is 274 g/mol. The van der Waals surface area contributed by atoms with E-state index in [1.807, 2.05) is 6.07 Å². The van der Waals surface area contributed by atoms with E-state index in [1.165, 1.54) is 22.3 Å². The number of benzene rings is 2. The zero-order valence-electron chi connectivity index (χ0n) is 11.7. The lowest BCUT2D eigenvalue weighted by molar-refractivity contribution is 0.627. The van der Waals surface area contributed by atoms with Crippen LogP contribution < -0.4 is 5.32 Å². The molecule has 1 nitrogen and oxygen atoms in total. The van der Waals surface area contributed by atoms with Gasteiger partial charge in [0.25, 0.3) is 0 Å². The maximum atomic E-state index is 6.15. The van der Waals surface area contributed by atoms with E-state index in [0.29, 0.717) is 0 Å². The standard InChI is InChI=1S/C17H20ClN/c1-4-19-17(14-7-5-6-12(2)10-14)16-11-15(18)9-8-13(16)3/h5-11,17,19H,4H2,1-3H3. The molecule has 0 saturated heterocycles.